The monoisotopic (exact) mass is 1310 g/mol. The zero-order valence-electron chi connectivity index (χ0n) is 58.3. The fourth-order valence-electron chi connectivity index (χ4n) is 14.5. The molecule has 0 N–H and O–H groups in total. The van der Waals surface area contributed by atoms with Crippen LogP contribution in [0, 0.1) is 0 Å². The summed E-state index contributed by atoms with van der Waals surface area (Å²) in [6.45, 7) is 21.1. The molecule has 16 aromatic rings. The minimum Gasteiger partial charge on any atom is -0.457 e. The van der Waals surface area contributed by atoms with Gasteiger partial charge in [0.25, 0.3) is 0 Å². The molecule has 14 aromatic carbocycles. The highest BCUT2D eigenvalue weighted by Crippen LogP contribution is 2.55. The summed E-state index contributed by atoms with van der Waals surface area (Å²) in [6, 6.07) is 119. The lowest BCUT2D eigenvalue weighted by molar-refractivity contribution is 0.483. The van der Waals surface area contributed by atoms with Crippen LogP contribution in [-0.4, -0.2) is 4.57 Å². The first-order chi connectivity index (χ1) is 48.4. The van der Waals surface area contributed by atoms with Crippen LogP contribution in [0.25, 0.3) is 126 Å². The summed E-state index contributed by atoms with van der Waals surface area (Å²) >= 11 is 1.86. The molecule has 16 rings (SSSR count). The lowest BCUT2D eigenvalue weighted by Crippen LogP contribution is -2.17. The van der Waals surface area contributed by atoms with Gasteiger partial charge in [-0.15, -0.1) is 11.3 Å². The summed E-state index contributed by atoms with van der Waals surface area (Å²) < 4.78 is 12.4. The highest BCUT2D eigenvalue weighted by atomic mass is 32.1. The van der Waals surface area contributed by atoms with Crippen molar-refractivity contribution >= 4 is 70.4 Å². The molecule has 3 nitrogen and oxygen atoms in total. The summed E-state index contributed by atoms with van der Waals surface area (Å²) in [4.78, 5) is 2.59. The zero-order valence-corrected chi connectivity index (χ0v) is 59.1. The van der Waals surface area contributed by atoms with E-state index in [-0.39, 0.29) is 16.2 Å². The average Bonchev–Trinajstić information content (AvgIpc) is 1.43. The van der Waals surface area contributed by atoms with Gasteiger partial charge in [-0.25, -0.2) is 0 Å². The second-order valence-electron chi connectivity index (χ2n) is 29.8. The number of hydrogen-bond donors (Lipinski definition) is 0. The van der Waals surface area contributed by atoms with Gasteiger partial charge in [0.2, 0.25) is 0 Å². The standard InChI is InChI=1S/C96H80N2OS/c1-94(2,3)73-54-71(55-74(59-73)95(4,5)6)72-57-78(62-80(58-72)99-79-50-48-65(49-51-79)68-34-23-32-66(52-68)63-28-13-10-14-29-63)97(77-39-25-36-70(56-77)69-35-24-33-67(53-69)64-30-15-11-16-31-64)93-85(81-42-26-45-88-91(81)83-40-19-21-44-87(83)98(88)76-37-17-12-18-38-76)60-75(96(7,8)9)61-86(93)82-43-27-47-90-92(82)84-41-20-22-46-89(84)100-90/h10-62H,1-9H3. The normalized spacial score (nSPS) is 12.1. The number of aromatic nitrogens is 1. The second kappa shape index (κ2) is 25.5. The maximum atomic E-state index is 7.44. The van der Waals surface area contributed by atoms with E-state index in [4.69, 9.17) is 4.74 Å². The van der Waals surface area contributed by atoms with Gasteiger partial charge in [0.1, 0.15) is 11.5 Å². The molecule has 0 aliphatic heterocycles. The van der Waals surface area contributed by atoms with E-state index in [0.717, 1.165) is 101 Å². The SMILES string of the molecule is CC(C)(C)c1cc(-c2cc(Oc3ccc(-c4cccc(-c5ccccc5)c4)cc3)cc(N(c3cccc(-c4cccc(-c5ccccc5)c4)c3)c3c(-c4cccc5sc6ccccc6c45)cc(C(C)(C)C)cc3-c3cccc4c3c3ccccc3n4-c3ccccc3)c2)cc(C(C)(C)C)c1. The predicted molar refractivity (Wildman–Crippen MR) is 429 cm³/mol. The van der Waals surface area contributed by atoms with E-state index >= 15 is 0 Å². The second-order valence-corrected chi connectivity index (χ2v) is 30.8. The molecule has 0 aliphatic rings. The molecule has 2 heterocycles. The van der Waals surface area contributed by atoms with Gasteiger partial charge in [-0.05, 0) is 197 Å². The minimum absolute atomic E-state index is 0.143. The molecule has 0 saturated carbocycles. The number of nitrogens with zero attached hydrogens (tertiary/aromatic N) is 2. The van der Waals surface area contributed by atoms with Gasteiger partial charge in [-0.2, -0.15) is 0 Å². The lowest BCUT2D eigenvalue weighted by atomic mass is 9.79. The van der Waals surface area contributed by atoms with E-state index in [0.29, 0.717) is 0 Å². The van der Waals surface area contributed by atoms with Crippen LogP contribution in [0.15, 0.2) is 322 Å². The fourth-order valence-corrected chi connectivity index (χ4v) is 15.6. The third kappa shape index (κ3) is 12.2. The number of benzene rings is 14. The molecular formula is C96H80N2OS. The number of thiophene rings is 1. The van der Waals surface area contributed by atoms with E-state index in [2.05, 4.69) is 393 Å². The summed E-state index contributed by atoms with van der Waals surface area (Å²) in [6.07, 6.45) is 0. The molecule has 486 valence electrons. The quantitative estimate of drug-likeness (QED) is 0.114. The molecule has 0 bridgehead atoms. The molecule has 0 amide bonds. The van der Waals surface area contributed by atoms with Gasteiger partial charge >= 0.3 is 0 Å². The highest BCUT2D eigenvalue weighted by Gasteiger charge is 2.31. The largest absolute Gasteiger partial charge is 0.457 e. The van der Waals surface area contributed by atoms with Crippen LogP contribution in [0.5, 0.6) is 11.5 Å². The third-order valence-electron chi connectivity index (χ3n) is 19.8. The van der Waals surface area contributed by atoms with Gasteiger partial charge in [0.05, 0.1) is 22.4 Å². The minimum atomic E-state index is -0.281. The first-order valence-electron chi connectivity index (χ1n) is 34.9. The molecule has 0 fully saturated rings. The number of anilines is 3. The zero-order chi connectivity index (χ0) is 68.4. The number of rotatable bonds is 13. The molecule has 0 aliphatic carbocycles. The Labute approximate surface area is 592 Å². The van der Waals surface area contributed by atoms with Crippen LogP contribution < -0.4 is 9.64 Å². The summed E-state index contributed by atoms with van der Waals surface area (Å²) in [5, 5.41) is 4.86. The van der Waals surface area contributed by atoms with Crippen molar-refractivity contribution in [3.8, 4) is 95.1 Å². The van der Waals surface area contributed by atoms with E-state index in [1.165, 1.54) is 69.9 Å². The van der Waals surface area contributed by atoms with Crippen molar-refractivity contribution in [2.45, 2.75) is 78.6 Å². The summed E-state index contributed by atoms with van der Waals surface area (Å²) in [7, 11) is 0. The van der Waals surface area contributed by atoms with Gasteiger partial charge in [0, 0.05) is 59.5 Å². The molecule has 2 aromatic heterocycles. The van der Waals surface area contributed by atoms with Crippen molar-refractivity contribution in [1.82, 2.24) is 4.57 Å². The Hall–Kier alpha value is -11.3. The van der Waals surface area contributed by atoms with Crippen LogP contribution >= 0.6 is 11.3 Å². The number of ether oxygens (including phenoxy) is 1. The van der Waals surface area contributed by atoms with Crippen LogP contribution in [0.4, 0.5) is 17.1 Å². The van der Waals surface area contributed by atoms with Crippen molar-refractivity contribution in [3.63, 3.8) is 0 Å². The van der Waals surface area contributed by atoms with E-state index in [9.17, 15) is 0 Å². The average molecular weight is 1310 g/mol. The van der Waals surface area contributed by atoms with Crippen LogP contribution in [0.3, 0.4) is 0 Å². The molecular weight excluding hydrogens is 1230 g/mol. The molecule has 0 spiro atoms. The van der Waals surface area contributed by atoms with Crippen molar-refractivity contribution < 1.29 is 4.74 Å². The number of fused-ring (bicyclic) bond motifs is 6. The molecule has 0 atom stereocenters. The molecule has 0 unspecified atom stereocenters. The maximum absolute atomic E-state index is 7.44. The fraction of sp³-hybridized carbons (Fsp3) is 0.125. The van der Waals surface area contributed by atoms with Crippen LogP contribution in [-0.2, 0) is 16.2 Å². The van der Waals surface area contributed by atoms with Gasteiger partial charge in [-0.1, -0.05) is 281 Å². The Morgan fingerprint density at radius 3 is 1.33 bits per heavy atom. The Balaban J connectivity index is 1.02. The maximum Gasteiger partial charge on any atom is 0.130 e. The topological polar surface area (TPSA) is 17.4 Å². The van der Waals surface area contributed by atoms with Crippen molar-refractivity contribution in [2.75, 3.05) is 4.90 Å². The third-order valence-corrected chi connectivity index (χ3v) is 21.0. The summed E-state index contributed by atoms with van der Waals surface area (Å²) in [5.41, 5.74) is 25.5. The van der Waals surface area contributed by atoms with Crippen LogP contribution in [0.2, 0.25) is 0 Å². The molecule has 100 heavy (non-hydrogen) atoms. The summed E-state index contributed by atoms with van der Waals surface area (Å²) in [5.74, 6) is 1.46. The Bertz CT molecular complexity index is 5710. The van der Waals surface area contributed by atoms with Crippen molar-refractivity contribution in [1.29, 1.82) is 0 Å². The number of hydrogen-bond acceptors (Lipinski definition) is 3. The Morgan fingerprint density at radius 2 is 0.720 bits per heavy atom. The molecule has 0 saturated heterocycles. The predicted octanol–water partition coefficient (Wildman–Crippen LogP) is 28.0. The Kier molecular flexibility index (Phi) is 16.2. The van der Waals surface area contributed by atoms with Crippen LogP contribution in [0.1, 0.15) is 79.0 Å². The van der Waals surface area contributed by atoms with Gasteiger partial charge < -0.3 is 14.2 Å². The smallest absolute Gasteiger partial charge is 0.130 e. The van der Waals surface area contributed by atoms with Gasteiger partial charge in [-0.3, -0.25) is 0 Å². The Morgan fingerprint density at radius 1 is 0.280 bits per heavy atom. The highest BCUT2D eigenvalue weighted by molar-refractivity contribution is 7.26. The first-order valence-corrected chi connectivity index (χ1v) is 35.8. The van der Waals surface area contributed by atoms with Gasteiger partial charge in [0.15, 0.2) is 0 Å². The van der Waals surface area contributed by atoms with E-state index in [1.807, 2.05) is 11.3 Å². The molecule has 4 heteroatoms. The lowest BCUT2D eigenvalue weighted by Gasteiger charge is -2.33. The first kappa shape index (κ1) is 63.4. The van der Waals surface area contributed by atoms with E-state index < -0.39 is 0 Å². The number of para-hydroxylation sites is 2. The van der Waals surface area contributed by atoms with Crippen molar-refractivity contribution in [2.24, 2.45) is 0 Å². The van der Waals surface area contributed by atoms with Crippen molar-refractivity contribution in [3.05, 3.63) is 338 Å². The molecule has 0 radical (unpaired) electrons. The van der Waals surface area contributed by atoms with E-state index in [1.54, 1.807) is 0 Å².